The molecule has 2 atom stereocenters. The van der Waals surface area contributed by atoms with E-state index in [1.807, 2.05) is 0 Å². The molecule has 2 aliphatic rings. The van der Waals surface area contributed by atoms with E-state index in [2.05, 4.69) is 4.98 Å². The van der Waals surface area contributed by atoms with Crippen LogP contribution in [0.3, 0.4) is 0 Å². The maximum Gasteiger partial charge on any atom is 0.245 e. The van der Waals surface area contributed by atoms with E-state index >= 15 is 0 Å². The maximum atomic E-state index is 12.8. The Hall–Kier alpha value is -0.890. The lowest BCUT2D eigenvalue weighted by atomic mass is 9.91. The van der Waals surface area contributed by atoms with Crippen molar-refractivity contribution in [3.8, 4) is 0 Å². The van der Waals surface area contributed by atoms with Gasteiger partial charge in [0.1, 0.15) is 0 Å². The second kappa shape index (κ2) is 5.48. The van der Waals surface area contributed by atoms with Crippen molar-refractivity contribution in [2.75, 3.05) is 13.2 Å². The summed E-state index contributed by atoms with van der Waals surface area (Å²) in [6.07, 6.45) is 5.62. The maximum absolute atomic E-state index is 12.8. The lowest BCUT2D eigenvalue weighted by molar-refractivity contribution is -0.0586. The van der Waals surface area contributed by atoms with Gasteiger partial charge in [-0.05, 0) is 18.9 Å². The Morgan fingerprint density at radius 1 is 1.40 bits per heavy atom. The molecule has 1 saturated carbocycles. The third-order valence-electron chi connectivity index (χ3n) is 4.22. The first-order valence-corrected chi connectivity index (χ1v) is 8.58. The van der Waals surface area contributed by atoms with Crippen LogP contribution >= 0.6 is 0 Å². The molecule has 1 aromatic heterocycles. The van der Waals surface area contributed by atoms with Gasteiger partial charge in [0.05, 0.1) is 23.6 Å². The van der Waals surface area contributed by atoms with Gasteiger partial charge in [0.15, 0.2) is 0 Å². The number of hydrogen-bond donors (Lipinski definition) is 2. The second-order valence-corrected chi connectivity index (χ2v) is 7.33. The van der Waals surface area contributed by atoms with Crippen molar-refractivity contribution in [3.05, 3.63) is 18.0 Å². The minimum absolute atomic E-state index is 0.0151. The number of sulfonamides is 1. The Morgan fingerprint density at radius 3 is 2.95 bits per heavy atom. The smallest absolute Gasteiger partial charge is 0.245 e. The summed E-state index contributed by atoms with van der Waals surface area (Å²) < 4.78 is 32.9. The number of hydrogen-bond acceptors (Lipinski definition) is 4. The van der Waals surface area contributed by atoms with E-state index in [1.54, 1.807) is 10.4 Å². The SMILES string of the molecule is NCc1cc(S(=O)(=O)N2CCOC3CCCCC32)c[nH]1. The van der Waals surface area contributed by atoms with Crippen molar-refractivity contribution in [2.45, 2.75) is 49.3 Å². The number of nitrogens with zero attached hydrogens (tertiary/aromatic N) is 1. The number of nitrogens with one attached hydrogen (secondary N) is 1. The van der Waals surface area contributed by atoms with Gasteiger partial charge in [-0.1, -0.05) is 12.8 Å². The number of aromatic nitrogens is 1. The Balaban J connectivity index is 1.89. The molecular weight excluding hydrogens is 278 g/mol. The summed E-state index contributed by atoms with van der Waals surface area (Å²) in [7, 11) is -3.46. The number of H-pyrrole nitrogens is 1. The zero-order valence-electron chi connectivity index (χ0n) is 11.4. The Labute approximate surface area is 119 Å². The van der Waals surface area contributed by atoms with Gasteiger partial charge < -0.3 is 15.5 Å². The fourth-order valence-electron chi connectivity index (χ4n) is 3.18. The van der Waals surface area contributed by atoms with Crippen LogP contribution in [0.25, 0.3) is 0 Å². The molecule has 7 heteroatoms. The highest BCUT2D eigenvalue weighted by Crippen LogP contribution is 2.32. The molecule has 6 nitrogen and oxygen atoms in total. The molecule has 0 spiro atoms. The van der Waals surface area contributed by atoms with Crippen LogP contribution in [0.2, 0.25) is 0 Å². The number of rotatable bonds is 3. The van der Waals surface area contributed by atoms with Crippen LogP contribution in [0.5, 0.6) is 0 Å². The number of morpholine rings is 1. The molecule has 0 aromatic carbocycles. The van der Waals surface area contributed by atoms with Crippen LogP contribution in [0.15, 0.2) is 17.2 Å². The molecule has 2 heterocycles. The highest BCUT2D eigenvalue weighted by atomic mass is 32.2. The standard InChI is InChI=1S/C13H21N3O3S/c14-8-10-7-11(9-15-10)20(17,18)16-5-6-19-13-4-2-1-3-12(13)16/h7,9,12-13,15H,1-6,8,14H2. The summed E-state index contributed by atoms with van der Waals surface area (Å²) in [6, 6.07) is 1.61. The summed E-state index contributed by atoms with van der Waals surface area (Å²) in [5.41, 5.74) is 6.26. The molecule has 1 saturated heterocycles. The van der Waals surface area contributed by atoms with Crippen molar-refractivity contribution in [1.82, 2.24) is 9.29 Å². The summed E-state index contributed by atoms with van der Waals surface area (Å²) in [4.78, 5) is 3.22. The molecule has 1 aliphatic heterocycles. The fourth-order valence-corrected chi connectivity index (χ4v) is 4.86. The molecule has 0 amide bonds. The molecule has 3 rings (SSSR count). The first-order valence-electron chi connectivity index (χ1n) is 7.14. The van der Waals surface area contributed by atoms with Crippen molar-refractivity contribution >= 4 is 10.0 Å². The molecule has 2 unspecified atom stereocenters. The Bertz CT molecular complexity index is 567. The Kier molecular flexibility index (Phi) is 3.85. The van der Waals surface area contributed by atoms with E-state index in [4.69, 9.17) is 10.5 Å². The van der Waals surface area contributed by atoms with Crippen LogP contribution < -0.4 is 5.73 Å². The fraction of sp³-hybridized carbons (Fsp3) is 0.692. The van der Waals surface area contributed by atoms with Crippen LogP contribution in [0.4, 0.5) is 0 Å². The third kappa shape index (κ3) is 2.39. The van der Waals surface area contributed by atoms with Gasteiger partial charge in [0, 0.05) is 25.0 Å². The minimum atomic E-state index is -3.46. The van der Waals surface area contributed by atoms with Gasteiger partial charge in [0.2, 0.25) is 10.0 Å². The number of fused-ring (bicyclic) bond motifs is 1. The molecule has 0 radical (unpaired) electrons. The predicted octanol–water partition coefficient (Wildman–Crippen LogP) is 0.805. The van der Waals surface area contributed by atoms with Gasteiger partial charge in [-0.15, -0.1) is 0 Å². The monoisotopic (exact) mass is 299 g/mol. The molecular formula is C13H21N3O3S. The Morgan fingerprint density at radius 2 is 2.20 bits per heavy atom. The third-order valence-corrected chi connectivity index (χ3v) is 6.13. The summed E-state index contributed by atoms with van der Waals surface area (Å²) in [6.45, 7) is 1.23. The average Bonchev–Trinajstić information content (AvgIpc) is 2.96. The number of aromatic amines is 1. The van der Waals surface area contributed by atoms with Gasteiger partial charge in [-0.3, -0.25) is 0 Å². The van der Waals surface area contributed by atoms with Crippen molar-refractivity contribution < 1.29 is 13.2 Å². The highest BCUT2D eigenvalue weighted by molar-refractivity contribution is 7.89. The first-order chi connectivity index (χ1) is 9.63. The van der Waals surface area contributed by atoms with Gasteiger partial charge in [-0.2, -0.15) is 4.31 Å². The zero-order valence-corrected chi connectivity index (χ0v) is 12.2. The van der Waals surface area contributed by atoms with E-state index in [0.29, 0.717) is 24.6 Å². The average molecular weight is 299 g/mol. The van der Waals surface area contributed by atoms with Gasteiger partial charge in [0.25, 0.3) is 0 Å². The zero-order chi connectivity index (χ0) is 14.2. The van der Waals surface area contributed by atoms with Crippen molar-refractivity contribution in [2.24, 2.45) is 5.73 Å². The van der Waals surface area contributed by atoms with E-state index in [1.165, 1.54) is 6.20 Å². The molecule has 20 heavy (non-hydrogen) atoms. The first kappa shape index (κ1) is 14.1. The lowest BCUT2D eigenvalue weighted by Gasteiger charge is -2.42. The van der Waals surface area contributed by atoms with Gasteiger partial charge >= 0.3 is 0 Å². The van der Waals surface area contributed by atoms with Crippen LogP contribution in [0.1, 0.15) is 31.4 Å². The summed E-state index contributed by atoms with van der Waals surface area (Å²) >= 11 is 0. The summed E-state index contributed by atoms with van der Waals surface area (Å²) in [5.74, 6) is 0. The quantitative estimate of drug-likeness (QED) is 0.864. The molecule has 2 fully saturated rings. The highest BCUT2D eigenvalue weighted by Gasteiger charge is 2.41. The van der Waals surface area contributed by atoms with Crippen LogP contribution in [-0.2, 0) is 21.3 Å². The predicted molar refractivity (Wildman–Crippen MR) is 74.6 cm³/mol. The van der Waals surface area contributed by atoms with Crippen molar-refractivity contribution in [3.63, 3.8) is 0 Å². The molecule has 3 N–H and O–H groups in total. The summed E-state index contributed by atoms with van der Waals surface area (Å²) in [5, 5.41) is 0. The largest absolute Gasteiger partial charge is 0.375 e. The second-order valence-electron chi connectivity index (χ2n) is 5.44. The topological polar surface area (TPSA) is 88.4 Å². The van der Waals surface area contributed by atoms with E-state index in [-0.39, 0.29) is 12.1 Å². The van der Waals surface area contributed by atoms with E-state index in [0.717, 1.165) is 31.4 Å². The number of nitrogens with two attached hydrogens (primary N) is 1. The molecule has 112 valence electrons. The van der Waals surface area contributed by atoms with Gasteiger partial charge in [-0.25, -0.2) is 8.42 Å². The molecule has 1 aliphatic carbocycles. The molecule has 0 bridgehead atoms. The molecule has 1 aromatic rings. The number of ether oxygens (including phenoxy) is 1. The van der Waals surface area contributed by atoms with E-state index < -0.39 is 10.0 Å². The minimum Gasteiger partial charge on any atom is -0.375 e. The van der Waals surface area contributed by atoms with Crippen LogP contribution in [-0.4, -0.2) is 43.0 Å². The van der Waals surface area contributed by atoms with Crippen molar-refractivity contribution in [1.29, 1.82) is 0 Å². The van der Waals surface area contributed by atoms with Crippen LogP contribution in [0, 0.1) is 0 Å². The normalized spacial score (nSPS) is 28.2. The van der Waals surface area contributed by atoms with E-state index in [9.17, 15) is 8.42 Å². The lowest BCUT2D eigenvalue weighted by Crippen LogP contribution is -2.54.